The first-order valence-corrected chi connectivity index (χ1v) is 4.49. The lowest BCUT2D eigenvalue weighted by atomic mass is 10.1. The topological polar surface area (TPSA) is 76.2 Å². The summed E-state index contributed by atoms with van der Waals surface area (Å²) in [5.41, 5.74) is 5.80. The quantitative estimate of drug-likeness (QED) is 0.796. The number of pyridine rings is 1. The van der Waals surface area contributed by atoms with E-state index < -0.39 is 12.0 Å². The number of nitrogens with zero attached hydrogens (tertiary/aromatic N) is 1. The van der Waals surface area contributed by atoms with Crippen LogP contribution >= 0.6 is 27.5 Å². The molecular weight excluding hydrogens is 259 g/mol. The van der Waals surface area contributed by atoms with Gasteiger partial charge in [-0.25, -0.2) is 4.98 Å². The van der Waals surface area contributed by atoms with Crippen LogP contribution in [0.15, 0.2) is 16.7 Å². The predicted molar refractivity (Wildman–Crippen MR) is 51.5 cm³/mol. The van der Waals surface area contributed by atoms with Crippen LogP contribution in [0.5, 0.6) is 0 Å². The van der Waals surface area contributed by atoms with E-state index >= 15 is 0 Å². The molecule has 0 saturated carbocycles. The molecule has 70 valence electrons. The molecule has 0 amide bonds. The molecule has 6 heteroatoms. The number of carboxylic acid groups (broad SMARTS) is 1. The van der Waals surface area contributed by atoms with Gasteiger partial charge in [-0.2, -0.15) is 0 Å². The van der Waals surface area contributed by atoms with Gasteiger partial charge in [-0.1, -0.05) is 11.6 Å². The van der Waals surface area contributed by atoms with Gasteiger partial charge in [0.15, 0.2) is 0 Å². The Morgan fingerprint density at radius 3 is 2.92 bits per heavy atom. The van der Waals surface area contributed by atoms with Gasteiger partial charge in [-0.15, -0.1) is 0 Å². The first-order valence-electron chi connectivity index (χ1n) is 3.32. The van der Waals surface area contributed by atoms with E-state index in [1.165, 1.54) is 12.3 Å². The minimum atomic E-state index is -1.11. The summed E-state index contributed by atoms with van der Waals surface area (Å²) >= 11 is 8.77. The molecule has 0 aliphatic heterocycles. The van der Waals surface area contributed by atoms with Gasteiger partial charge in [0, 0.05) is 6.20 Å². The van der Waals surface area contributed by atoms with Crippen molar-refractivity contribution in [3.63, 3.8) is 0 Å². The minimum absolute atomic E-state index is 0.203. The van der Waals surface area contributed by atoms with Crippen LogP contribution in [-0.4, -0.2) is 16.1 Å². The number of nitrogens with two attached hydrogens (primary N) is 1. The van der Waals surface area contributed by atoms with Crippen molar-refractivity contribution < 1.29 is 9.90 Å². The highest BCUT2D eigenvalue weighted by Gasteiger charge is 2.18. The maximum absolute atomic E-state index is 10.6. The Balaban J connectivity index is 3.15. The Morgan fingerprint density at radius 1 is 1.77 bits per heavy atom. The molecule has 3 N–H and O–H groups in total. The molecular formula is C7H6BrClN2O2. The third-order valence-electron chi connectivity index (χ3n) is 1.48. The fraction of sp³-hybridized carbons (Fsp3) is 0.143. The highest BCUT2D eigenvalue weighted by molar-refractivity contribution is 9.10. The Labute approximate surface area is 87.8 Å². The van der Waals surface area contributed by atoms with Crippen molar-refractivity contribution in [1.82, 2.24) is 4.98 Å². The minimum Gasteiger partial charge on any atom is -0.480 e. The van der Waals surface area contributed by atoms with Crippen molar-refractivity contribution in [3.05, 3.63) is 27.5 Å². The zero-order valence-electron chi connectivity index (χ0n) is 6.37. The number of hydrogen-bond donors (Lipinski definition) is 2. The fourth-order valence-electron chi connectivity index (χ4n) is 0.805. The smallest absolute Gasteiger partial charge is 0.325 e. The van der Waals surface area contributed by atoms with E-state index in [1.807, 2.05) is 0 Å². The molecule has 0 fully saturated rings. The molecule has 0 aliphatic carbocycles. The second-order valence-electron chi connectivity index (χ2n) is 2.32. The molecule has 0 saturated heterocycles. The number of aromatic nitrogens is 1. The zero-order valence-corrected chi connectivity index (χ0v) is 8.71. The molecule has 0 aliphatic rings. The van der Waals surface area contributed by atoms with Gasteiger partial charge in [-0.3, -0.25) is 4.79 Å². The molecule has 1 aromatic heterocycles. The van der Waals surface area contributed by atoms with E-state index in [2.05, 4.69) is 20.9 Å². The second kappa shape index (κ2) is 4.04. The van der Waals surface area contributed by atoms with Crippen LogP contribution in [0.4, 0.5) is 0 Å². The van der Waals surface area contributed by atoms with Gasteiger partial charge in [0.05, 0.1) is 4.47 Å². The lowest BCUT2D eigenvalue weighted by Crippen LogP contribution is -2.21. The first-order chi connectivity index (χ1) is 6.04. The number of halogens is 2. The summed E-state index contributed by atoms with van der Waals surface area (Å²) < 4.78 is 0.423. The highest BCUT2D eigenvalue weighted by atomic mass is 79.9. The van der Waals surface area contributed by atoms with Crippen LogP contribution < -0.4 is 5.73 Å². The Morgan fingerprint density at radius 2 is 2.38 bits per heavy atom. The third kappa shape index (κ3) is 2.18. The van der Waals surface area contributed by atoms with E-state index in [0.717, 1.165) is 0 Å². The summed E-state index contributed by atoms with van der Waals surface area (Å²) in [7, 11) is 0. The van der Waals surface area contributed by atoms with Gasteiger partial charge < -0.3 is 10.8 Å². The van der Waals surface area contributed by atoms with Crippen molar-refractivity contribution in [2.45, 2.75) is 6.04 Å². The number of hydrogen-bond acceptors (Lipinski definition) is 3. The van der Waals surface area contributed by atoms with Crippen LogP contribution in [0.2, 0.25) is 5.15 Å². The normalized spacial score (nSPS) is 12.5. The van der Waals surface area contributed by atoms with Gasteiger partial charge in [0.1, 0.15) is 11.2 Å². The van der Waals surface area contributed by atoms with Crippen molar-refractivity contribution in [2.75, 3.05) is 0 Å². The van der Waals surface area contributed by atoms with E-state index in [0.29, 0.717) is 10.0 Å². The van der Waals surface area contributed by atoms with E-state index in [1.54, 1.807) is 0 Å². The molecule has 1 rings (SSSR count). The summed E-state index contributed by atoms with van der Waals surface area (Å²) in [5, 5.41) is 8.84. The van der Waals surface area contributed by atoms with Gasteiger partial charge in [0.25, 0.3) is 0 Å². The SMILES string of the molecule is NC(C(=O)O)c1ccnc(Cl)c1Br. The van der Waals surface area contributed by atoms with Crippen molar-refractivity contribution in [2.24, 2.45) is 5.73 Å². The maximum atomic E-state index is 10.6. The largest absolute Gasteiger partial charge is 0.480 e. The van der Waals surface area contributed by atoms with Gasteiger partial charge in [-0.05, 0) is 27.6 Å². The average Bonchev–Trinajstić information content (AvgIpc) is 2.08. The molecule has 4 nitrogen and oxygen atoms in total. The first kappa shape index (κ1) is 10.4. The monoisotopic (exact) mass is 264 g/mol. The van der Waals surface area contributed by atoms with Crippen molar-refractivity contribution in [1.29, 1.82) is 0 Å². The summed E-state index contributed by atoms with van der Waals surface area (Å²) in [5.74, 6) is -1.11. The Kier molecular flexibility index (Phi) is 3.24. The molecule has 1 heterocycles. The summed E-state index contributed by atoms with van der Waals surface area (Å²) in [4.78, 5) is 14.3. The van der Waals surface area contributed by atoms with Crippen LogP contribution in [0.3, 0.4) is 0 Å². The van der Waals surface area contributed by atoms with Crippen molar-refractivity contribution in [3.8, 4) is 0 Å². The summed E-state index contributed by atoms with van der Waals surface area (Å²) in [6.45, 7) is 0. The standard InChI is InChI=1S/C7H6BrClN2O2/c8-4-3(5(10)7(12)13)1-2-11-6(4)9/h1-2,5H,10H2,(H,12,13). The lowest BCUT2D eigenvalue weighted by Gasteiger charge is -2.08. The maximum Gasteiger partial charge on any atom is 0.325 e. The van der Waals surface area contributed by atoms with Gasteiger partial charge >= 0.3 is 5.97 Å². The molecule has 1 atom stereocenters. The molecule has 1 unspecified atom stereocenters. The summed E-state index contributed by atoms with van der Waals surface area (Å²) in [6.07, 6.45) is 1.41. The number of aliphatic carboxylic acids is 1. The molecule has 0 aromatic carbocycles. The van der Waals surface area contributed by atoms with E-state index in [4.69, 9.17) is 22.4 Å². The molecule has 0 bridgehead atoms. The molecule has 1 aromatic rings. The number of carbonyl (C=O) groups is 1. The average molecular weight is 265 g/mol. The van der Waals surface area contributed by atoms with E-state index in [-0.39, 0.29) is 5.15 Å². The number of carboxylic acids is 1. The zero-order chi connectivity index (χ0) is 10.0. The van der Waals surface area contributed by atoms with Crippen LogP contribution in [0, 0.1) is 0 Å². The summed E-state index contributed by atoms with van der Waals surface area (Å²) in [6, 6.07) is 0.421. The molecule has 0 radical (unpaired) electrons. The molecule has 13 heavy (non-hydrogen) atoms. The predicted octanol–water partition coefficient (Wildman–Crippen LogP) is 1.58. The van der Waals surface area contributed by atoms with Crippen LogP contribution in [0.25, 0.3) is 0 Å². The second-order valence-corrected chi connectivity index (χ2v) is 3.47. The molecule has 0 spiro atoms. The Hall–Kier alpha value is -0.650. The third-order valence-corrected chi connectivity index (χ3v) is 2.83. The fourth-order valence-corrected chi connectivity index (χ4v) is 1.45. The van der Waals surface area contributed by atoms with Gasteiger partial charge in [0.2, 0.25) is 0 Å². The van der Waals surface area contributed by atoms with Crippen molar-refractivity contribution >= 4 is 33.5 Å². The highest BCUT2D eigenvalue weighted by Crippen LogP contribution is 2.27. The van der Waals surface area contributed by atoms with E-state index in [9.17, 15) is 4.79 Å². The lowest BCUT2D eigenvalue weighted by molar-refractivity contribution is -0.138. The Bertz CT molecular complexity index is 345. The number of rotatable bonds is 2. The van der Waals surface area contributed by atoms with Crippen LogP contribution in [0.1, 0.15) is 11.6 Å². The van der Waals surface area contributed by atoms with Crippen LogP contribution in [-0.2, 0) is 4.79 Å².